The van der Waals surface area contributed by atoms with Gasteiger partial charge in [-0.15, -0.1) is 0 Å². The molecule has 0 heterocycles. The zero-order valence-corrected chi connectivity index (χ0v) is 23.7. The Bertz CT molecular complexity index is 1380. The molecule has 4 aromatic carbocycles. The Hall–Kier alpha value is -4.26. The molecule has 0 spiro atoms. The molecule has 6 heteroatoms. The third-order valence-corrected chi connectivity index (χ3v) is 7.25. The quantitative estimate of drug-likeness (QED) is 0.154. The highest BCUT2D eigenvalue weighted by Gasteiger charge is 2.24. The summed E-state index contributed by atoms with van der Waals surface area (Å²) in [6.07, 6.45) is 4.73. The number of likely N-dealkylation sites (N-methyl/N-ethyl adjacent to an activating group) is 1. The summed E-state index contributed by atoms with van der Waals surface area (Å²) in [5.74, 6) is -0.0801. The fraction of sp³-hybridized carbons (Fsp3) is 0.257. The molecule has 0 aliphatic heterocycles. The van der Waals surface area contributed by atoms with E-state index in [4.69, 9.17) is 5.73 Å². The van der Waals surface area contributed by atoms with E-state index in [1.165, 1.54) is 16.5 Å². The molecule has 0 aromatic heterocycles. The summed E-state index contributed by atoms with van der Waals surface area (Å²) in [5.41, 5.74) is 9.09. The average molecular weight is 549 g/mol. The summed E-state index contributed by atoms with van der Waals surface area (Å²) in [7, 11) is 1.86. The van der Waals surface area contributed by atoms with E-state index in [-0.39, 0.29) is 23.8 Å². The number of carbonyl (C=O) groups excluding carboxylic acids is 2. The van der Waals surface area contributed by atoms with Crippen LogP contribution in [0.4, 0.5) is 0 Å². The number of rotatable bonds is 14. The second-order valence-corrected chi connectivity index (χ2v) is 10.3. The van der Waals surface area contributed by atoms with Crippen LogP contribution < -0.4 is 16.4 Å². The van der Waals surface area contributed by atoms with E-state index in [1.54, 1.807) is 6.08 Å². The largest absolute Gasteiger partial charge is 0.351 e. The number of benzene rings is 4. The van der Waals surface area contributed by atoms with Crippen molar-refractivity contribution >= 4 is 28.7 Å². The molecule has 0 aliphatic rings. The van der Waals surface area contributed by atoms with Crippen molar-refractivity contribution in [2.45, 2.75) is 24.8 Å². The second-order valence-electron chi connectivity index (χ2n) is 10.3. The zero-order valence-electron chi connectivity index (χ0n) is 23.7. The molecule has 0 bridgehead atoms. The van der Waals surface area contributed by atoms with E-state index in [0.717, 1.165) is 17.4 Å². The van der Waals surface area contributed by atoms with Crippen LogP contribution in [0.3, 0.4) is 0 Å². The lowest BCUT2D eigenvalue weighted by atomic mass is 9.90. The third-order valence-electron chi connectivity index (χ3n) is 7.25. The number of hydrogen-bond acceptors (Lipinski definition) is 4. The van der Waals surface area contributed by atoms with E-state index < -0.39 is 0 Å². The van der Waals surface area contributed by atoms with Crippen molar-refractivity contribution in [3.05, 3.63) is 126 Å². The monoisotopic (exact) mass is 548 g/mol. The molecule has 4 N–H and O–H groups in total. The van der Waals surface area contributed by atoms with Gasteiger partial charge in [0.25, 0.3) is 0 Å². The Morgan fingerprint density at radius 2 is 1.46 bits per heavy atom. The van der Waals surface area contributed by atoms with Crippen LogP contribution in [0.2, 0.25) is 0 Å². The van der Waals surface area contributed by atoms with E-state index >= 15 is 0 Å². The maximum Gasteiger partial charge on any atom is 0.244 e. The highest BCUT2D eigenvalue weighted by atomic mass is 16.2. The second kappa shape index (κ2) is 15.5. The highest BCUT2D eigenvalue weighted by Crippen LogP contribution is 2.25. The number of nitrogens with one attached hydrogen (secondary N) is 2. The molecular weight excluding hydrogens is 508 g/mol. The third kappa shape index (κ3) is 8.87. The van der Waals surface area contributed by atoms with Crippen LogP contribution in [0, 0.1) is 0 Å². The molecular formula is C35H40N4O2. The maximum absolute atomic E-state index is 13.6. The Kier molecular flexibility index (Phi) is 11.2. The van der Waals surface area contributed by atoms with E-state index in [0.29, 0.717) is 32.6 Å². The summed E-state index contributed by atoms with van der Waals surface area (Å²) < 4.78 is 0. The number of nitrogens with zero attached hydrogens (tertiary/aromatic N) is 1. The van der Waals surface area contributed by atoms with Crippen LogP contribution in [0.5, 0.6) is 0 Å². The van der Waals surface area contributed by atoms with Crippen LogP contribution in [0.25, 0.3) is 16.8 Å². The van der Waals surface area contributed by atoms with Gasteiger partial charge in [0.2, 0.25) is 11.8 Å². The smallest absolute Gasteiger partial charge is 0.244 e. The molecule has 41 heavy (non-hydrogen) atoms. The van der Waals surface area contributed by atoms with Crippen molar-refractivity contribution in [2.75, 3.05) is 33.2 Å². The standard InChI is InChI=1S/C35H40N4O2/c1-39(26-32(29-12-4-2-5-13-29)30-14-6-3-7-15-30)35(41)33(17-10-22-36)37-23-24-38-34(40)21-19-27-18-20-28-11-8-9-16-31(28)25-27/h2-9,11-16,18-21,25,32-33,37H,10,17,22-24,26,36H2,1H3,(H,38,40)/b21-19+/t33-/m0/s1. The van der Waals surface area contributed by atoms with Gasteiger partial charge in [-0.05, 0) is 59.0 Å². The molecule has 0 aliphatic carbocycles. The lowest BCUT2D eigenvalue weighted by Crippen LogP contribution is -2.48. The normalized spacial score (nSPS) is 12.1. The SMILES string of the molecule is CN(CC(c1ccccc1)c1ccccc1)C(=O)[C@H](CCCN)NCCNC(=O)/C=C/c1ccc2ccccc2c1. The van der Waals surface area contributed by atoms with Crippen LogP contribution >= 0.6 is 0 Å². The molecule has 4 aromatic rings. The van der Waals surface area contributed by atoms with Gasteiger partial charge in [-0.1, -0.05) is 97.1 Å². The molecule has 0 radical (unpaired) electrons. The first-order valence-electron chi connectivity index (χ1n) is 14.3. The maximum atomic E-state index is 13.6. The zero-order chi connectivity index (χ0) is 28.9. The Labute approximate surface area is 243 Å². The van der Waals surface area contributed by atoms with Crippen molar-refractivity contribution in [3.63, 3.8) is 0 Å². The lowest BCUT2D eigenvalue weighted by molar-refractivity contribution is -0.132. The van der Waals surface area contributed by atoms with E-state index in [2.05, 4.69) is 53.1 Å². The number of carbonyl (C=O) groups is 2. The average Bonchev–Trinajstić information content (AvgIpc) is 3.02. The predicted octanol–water partition coefficient (Wildman–Crippen LogP) is 4.96. The van der Waals surface area contributed by atoms with Gasteiger partial charge >= 0.3 is 0 Å². The van der Waals surface area contributed by atoms with Gasteiger partial charge in [-0.25, -0.2) is 0 Å². The van der Waals surface area contributed by atoms with Gasteiger partial charge in [0.1, 0.15) is 0 Å². The lowest BCUT2D eigenvalue weighted by Gasteiger charge is -2.29. The first-order valence-corrected chi connectivity index (χ1v) is 14.3. The topological polar surface area (TPSA) is 87.5 Å². The van der Waals surface area contributed by atoms with Gasteiger partial charge in [-0.2, -0.15) is 0 Å². The number of nitrogens with two attached hydrogens (primary N) is 1. The molecule has 0 fully saturated rings. The summed E-state index contributed by atoms with van der Waals surface area (Å²) in [4.78, 5) is 27.8. The minimum Gasteiger partial charge on any atom is -0.351 e. The Morgan fingerprint density at radius 1 is 0.829 bits per heavy atom. The fourth-order valence-corrected chi connectivity index (χ4v) is 5.01. The highest BCUT2D eigenvalue weighted by molar-refractivity contribution is 5.93. The molecule has 0 unspecified atom stereocenters. The Balaban J connectivity index is 1.31. The van der Waals surface area contributed by atoms with Crippen molar-refractivity contribution in [2.24, 2.45) is 5.73 Å². The number of hydrogen-bond donors (Lipinski definition) is 3. The van der Waals surface area contributed by atoms with Crippen LogP contribution in [-0.4, -0.2) is 56.0 Å². The van der Waals surface area contributed by atoms with E-state index in [9.17, 15) is 9.59 Å². The van der Waals surface area contributed by atoms with Crippen LogP contribution in [0.1, 0.15) is 35.4 Å². The summed E-state index contributed by atoms with van der Waals surface area (Å²) in [5, 5.41) is 8.56. The number of fused-ring (bicyclic) bond motifs is 1. The number of amides is 2. The van der Waals surface area contributed by atoms with Crippen molar-refractivity contribution in [1.82, 2.24) is 15.5 Å². The van der Waals surface area contributed by atoms with Gasteiger partial charge in [0, 0.05) is 38.7 Å². The minimum atomic E-state index is -0.374. The molecule has 1 atom stereocenters. The molecule has 212 valence electrons. The van der Waals surface area contributed by atoms with Gasteiger partial charge < -0.3 is 21.3 Å². The summed E-state index contributed by atoms with van der Waals surface area (Å²) >= 11 is 0. The molecule has 6 nitrogen and oxygen atoms in total. The molecule has 0 saturated carbocycles. The van der Waals surface area contributed by atoms with Crippen molar-refractivity contribution in [1.29, 1.82) is 0 Å². The molecule has 4 rings (SSSR count). The first kappa shape index (κ1) is 29.7. The summed E-state index contributed by atoms with van der Waals surface area (Å²) in [6.45, 7) is 1.96. The van der Waals surface area contributed by atoms with Gasteiger partial charge in [-0.3, -0.25) is 9.59 Å². The minimum absolute atomic E-state index is 0.0258. The van der Waals surface area contributed by atoms with Gasteiger partial charge in [0.05, 0.1) is 6.04 Å². The van der Waals surface area contributed by atoms with Crippen LogP contribution in [0.15, 0.2) is 109 Å². The van der Waals surface area contributed by atoms with E-state index in [1.807, 2.05) is 78.7 Å². The summed E-state index contributed by atoms with van der Waals surface area (Å²) in [6, 6.07) is 34.4. The van der Waals surface area contributed by atoms with Crippen LogP contribution in [-0.2, 0) is 9.59 Å². The van der Waals surface area contributed by atoms with Crippen molar-refractivity contribution in [3.8, 4) is 0 Å². The Morgan fingerprint density at radius 3 is 2.12 bits per heavy atom. The van der Waals surface area contributed by atoms with Gasteiger partial charge in [0.15, 0.2) is 0 Å². The fourth-order valence-electron chi connectivity index (χ4n) is 5.01. The van der Waals surface area contributed by atoms with Crippen molar-refractivity contribution < 1.29 is 9.59 Å². The predicted molar refractivity (Wildman–Crippen MR) is 168 cm³/mol. The molecule has 2 amide bonds. The first-order chi connectivity index (χ1) is 20.0. The molecule has 0 saturated heterocycles.